The SMILES string of the molecule is Cc1ccccc1C1=N/C(=C/N2CCN(C(=O)O)CC2)C(=O)O1. The molecule has 1 fully saturated rings. The van der Waals surface area contributed by atoms with Gasteiger partial charge in [0.25, 0.3) is 0 Å². The first-order valence-corrected chi connectivity index (χ1v) is 7.35. The van der Waals surface area contributed by atoms with E-state index in [0.717, 1.165) is 11.1 Å². The van der Waals surface area contributed by atoms with Crippen molar-refractivity contribution in [3.05, 3.63) is 47.3 Å². The molecule has 1 N–H and O–H groups in total. The van der Waals surface area contributed by atoms with E-state index in [1.807, 2.05) is 36.1 Å². The molecule has 7 nitrogen and oxygen atoms in total. The molecular formula is C16H17N3O4. The zero-order chi connectivity index (χ0) is 16.4. The molecule has 1 aromatic carbocycles. The smallest absolute Gasteiger partial charge is 0.407 e. The van der Waals surface area contributed by atoms with Crippen molar-refractivity contribution in [2.24, 2.45) is 4.99 Å². The fourth-order valence-electron chi connectivity index (χ4n) is 2.54. The molecule has 2 aliphatic rings. The van der Waals surface area contributed by atoms with E-state index in [9.17, 15) is 9.59 Å². The highest BCUT2D eigenvalue weighted by Gasteiger charge is 2.27. The molecule has 2 heterocycles. The van der Waals surface area contributed by atoms with Crippen LogP contribution in [0.3, 0.4) is 0 Å². The Hall–Kier alpha value is -2.83. The number of aliphatic imine (C=N–C) groups is 1. The van der Waals surface area contributed by atoms with Crippen LogP contribution in [0.15, 0.2) is 41.2 Å². The molecular weight excluding hydrogens is 298 g/mol. The molecule has 120 valence electrons. The number of hydrogen-bond donors (Lipinski definition) is 1. The van der Waals surface area contributed by atoms with Crippen LogP contribution in [0.4, 0.5) is 4.79 Å². The molecule has 1 amide bonds. The number of ether oxygens (including phenoxy) is 1. The minimum Gasteiger partial charge on any atom is -0.465 e. The van der Waals surface area contributed by atoms with Crippen LogP contribution >= 0.6 is 0 Å². The first-order valence-electron chi connectivity index (χ1n) is 7.35. The lowest BCUT2D eigenvalue weighted by Crippen LogP contribution is -2.46. The van der Waals surface area contributed by atoms with Crippen molar-refractivity contribution < 1.29 is 19.4 Å². The summed E-state index contributed by atoms with van der Waals surface area (Å²) in [5.41, 5.74) is 2.02. The molecule has 0 unspecified atom stereocenters. The fraction of sp³-hybridized carbons (Fsp3) is 0.312. The maximum absolute atomic E-state index is 12.0. The number of rotatable bonds is 2. The first-order chi connectivity index (χ1) is 11.0. The van der Waals surface area contributed by atoms with Crippen LogP contribution in [0.1, 0.15) is 11.1 Å². The van der Waals surface area contributed by atoms with E-state index >= 15 is 0 Å². The van der Waals surface area contributed by atoms with Gasteiger partial charge in [-0.05, 0) is 18.6 Å². The van der Waals surface area contributed by atoms with Crippen molar-refractivity contribution in [2.45, 2.75) is 6.92 Å². The average Bonchev–Trinajstić information content (AvgIpc) is 2.89. The molecule has 2 aliphatic heterocycles. The van der Waals surface area contributed by atoms with E-state index in [-0.39, 0.29) is 5.70 Å². The molecule has 0 aromatic heterocycles. The number of benzene rings is 1. The number of piperazine rings is 1. The van der Waals surface area contributed by atoms with E-state index in [1.54, 1.807) is 6.20 Å². The fourth-order valence-corrected chi connectivity index (χ4v) is 2.54. The molecule has 0 atom stereocenters. The third-order valence-corrected chi connectivity index (χ3v) is 3.89. The maximum atomic E-state index is 12.0. The Bertz CT molecular complexity index is 703. The topological polar surface area (TPSA) is 82.4 Å². The molecule has 0 aliphatic carbocycles. The molecule has 1 aromatic rings. The number of cyclic esters (lactones) is 1. The van der Waals surface area contributed by atoms with Crippen molar-refractivity contribution in [1.82, 2.24) is 9.80 Å². The van der Waals surface area contributed by atoms with Gasteiger partial charge >= 0.3 is 12.1 Å². The molecule has 0 saturated carbocycles. The monoisotopic (exact) mass is 315 g/mol. The van der Waals surface area contributed by atoms with Crippen LogP contribution in [-0.4, -0.2) is 59.0 Å². The lowest BCUT2D eigenvalue weighted by molar-refractivity contribution is -0.130. The van der Waals surface area contributed by atoms with Gasteiger partial charge in [0.05, 0.1) is 0 Å². The Morgan fingerprint density at radius 1 is 1.26 bits per heavy atom. The summed E-state index contributed by atoms with van der Waals surface area (Å²) in [7, 11) is 0. The number of carboxylic acid groups (broad SMARTS) is 1. The van der Waals surface area contributed by atoms with E-state index in [0.29, 0.717) is 32.1 Å². The Morgan fingerprint density at radius 2 is 1.96 bits per heavy atom. The minimum absolute atomic E-state index is 0.243. The van der Waals surface area contributed by atoms with Gasteiger partial charge in [-0.1, -0.05) is 18.2 Å². The molecule has 0 bridgehead atoms. The molecule has 23 heavy (non-hydrogen) atoms. The van der Waals surface area contributed by atoms with Gasteiger partial charge in [-0.2, -0.15) is 0 Å². The standard InChI is InChI=1S/C16H17N3O4/c1-11-4-2-3-5-12(11)14-17-13(15(20)23-14)10-18-6-8-19(9-7-18)16(21)22/h2-5,10H,6-9H2,1H3,(H,21,22)/b13-10+. The van der Waals surface area contributed by atoms with E-state index in [2.05, 4.69) is 4.99 Å². The van der Waals surface area contributed by atoms with Gasteiger partial charge in [-0.3, -0.25) is 0 Å². The second-order valence-corrected chi connectivity index (χ2v) is 5.44. The predicted molar refractivity (Wildman–Crippen MR) is 83.1 cm³/mol. The largest absolute Gasteiger partial charge is 0.465 e. The first kappa shape index (κ1) is 15.1. The average molecular weight is 315 g/mol. The van der Waals surface area contributed by atoms with Gasteiger partial charge in [0.1, 0.15) is 0 Å². The quantitative estimate of drug-likeness (QED) is 0.659. The third-order valence-electron chi connectivity index (χ3n) is 3.89. The Balaban J connectivity index is 1.75. The summed E-state index contributed by atoms with van der Waals surface area (Å²) in [4.78, 5) is 30.4. The number of amides is 1. The summed E-state index contributed by atoms with van der Waals surface area (Å²) < 4.78 is 5.25. The Labute approximate surface area is 133 Å². The molecule has 1 saturated heterocycles. The lowest BCUT2D eigenvalue weighted by atomic mass is 10.1. The summed E-state index contributed by atoms with van der Waals surface area (Å²) >= 11 is 0. The zero-order valence-corrected chi connectivity index (χ0v) is 12.7. The summed E-state index contributed by atoms with van der Waals surface area (Å²) in [6.45, 7) is 3.79. The Morgan fingerprint density at radius 3 is 2.61 bits per heavy atom. The molecule has 7 heteroatoms. The van der Waals surface area contributed by atoms with Crippen molar-refractivity contribution in [1.29, 1.82) is 0 Å². The summed E-state index contributed by atoms with van der Waals surface area (Å²) in [5, 5.41) is 8.93. The van der Waals surface area contributed by atoms with Gasteiger partial charge in [-0.15, -0.1) is 0 Å². The van der Waals surface area contributed by atoms with Crippen LogP contribution in [0.5, 0.6) is 0 Å². The van der Waals surface area contributed by atoms with E-state index in [1.165, 1.54) is 4.90 Å². The van der Waals surface area contributed by atoms with Gasteiger partial charge in [0, 0.05) is 37.9 Å². The molecule has 3 rings (SSSR count). The third kappa shape index (κ3) is 3.18. The number of nitrogens with zero attached hydrogens (tertiary/aromatic N) is 3. The normalized spacial score (nSPS) is 19.8. The maximum Gasteiger partial charge on any atom is 0.407 e. The van der Waals surface area contributed by atoms with Crippen LogP contribution in [0.25, 0.3) is 0 Å². The van der Waals surface area contributed by atoms with Crippen molar-refractivity contribution in [3.63, 3.8) is 0 Å². The van der Waals surface area contributed by atoms with Crippen molar-refractivity contribution >= 4 is 18.0 Å². The van der Waals surface area contributed by atoms with Crippen molar-refractivity contribution in [2.75, 3.05) is 26.2 Å². The van der Waals surface area contributed by atoms with Crippen LogP contribution < -0.4 is 0 Å². The minimum atomic E-state index is -0.919. The number of hydrogen-bond acceptors (Lipinski definition) is 5. The predicted octanol–water partition coefficient (Wildman–Crippen LogP) is 1.44. The van der Waals surface area contributed by atoms with Gasteiger partial charge in [0.15, 0.2) is 5.70 Å². The zero-order valence-electron chi connectivity index (χ0n) is 12.7. The number of aryl methyl sites for hydroxylation is 1. The van der Waals surface area contributed by atoms with Gasteiger partial charge in [0.2, 0.25) is 5.90 Å². The highest BCUT2D eigenvalue weighted by atomic mass is 16.6. The number of carbonyl (C=O) groups is 2. The van der Waals surface area contributed by atoms with Crippen LogP contribution in [-0.2, 0) is 9.53 Å². The van der Waals surface area contributed by atoms with E-state index < -0.39 is 12.1 Å². The summed E-state index contributed by atoms with van der Waals surface area (Å²) in [5.74, 6) is -0.174. The van der Waals surface area contributed by atoms with Crippen LogP contribution in [0, 0.1) is 6.92 Å². The van der Waals surface area contributed by atoms with E-state index in [4.69, 9.17) is 9.84 Å². The molecule has 0 spiro atoms. The molecule has 0 radical (unpaired) electrons. The Kier molecular flexibility index (Phi) is 4.01. The highest BCUT2D eigenvalue weighted by molar-refractivity contribution is 6.11. The second kappa shape index (κ2) is 6.12. The summed E-state index contributed by atoms with van der Waals surface area (Å²) in [6.07, 6.45) is 0.727. The highest BCUT2D eigenvalue weighted by Crippen LogP contribution is 2.19. The van der Waals surface area contributed by atoms with Gasteiger partial charge < -0.3 is 19.6 Å². The van der Waals surface area contributed by atoms with Crippen LogP contribution in [0.2, 0.25) is 0 Å². The lowest BCUT2D eigenvalue weighted by Gasteiger charge is -2.32. The number of carbonyl (C=O) groups excluding carboxylic acids is 1. The summed E-state index contributed by atoms with van der Waals surface area (Å²) in [6, 6.07) is 7.56. The van der Waals surface area contributed by atoms with Crippen molar-refractivity contribution in [3.8, 4) is 0 Å². The number of esters is 1. The second-order valence-electron chi connectivity index (χ2n) is 5.44. The van der Waals surface area contributed by atoms with Gasteiger partial charge in [-0.25, -0.2) is 14.6 Å².